The van der Waals surface area contributed by atoms with Gasteiger partial charge < -0.3 is 5.11 Å². The van der Waals surface area contributed by atoms with E-state index >= 15 is 0 Å². The second-order valence-electron chi connectivity index (χ2n) is 3.00. The number of carbonyl (C=O) groups excluding carboxylic acids is 1. The molecule has 0 radical (unpaired) electrons. The molecule has 0 bridgehead atoms. The van der Waals surface area contributed by atoms with E-state index in [4.69, 9.17) is 5.11 Å². The molecular weight excluding hydrogens is 160 g/mol. The van der Waals surface area contributed by atoms with E-state index in [9.17, 15) is 9.59 Å². The lowest BCUT2D eigenvalue weighted by atomic mass is 10.0. The molecule has 1 N–H and O–H groups in total. The molecule has 0 aliphatic carbocycles. The zero-order valence-electron chi connectivity index (χ0n) is 7.15. The van der Waals surface area contributed by atoms with Gasteiger partial charge in [0.05, 0.1) is 5.92 Å². The molecule has 0 saturated carbocycles. The van der Waals surface area contributed by atoms with E-state index in [1.165, 1.54) is 5.01 Å². The number of hydrazine groups is 1. The van der Waals surface area contributed by atoms with Crippen LogP contribution in [-0.4, -0.2) is 47.6 Å². The molecule has 1 unspecified atom stereocenters. The first-order valence-electron chi connectivity index (χ1n) is 3.72. The Hall–Kier alpha value is -1.10. The summed E-state index contributed by atoms with van der Waals surface area (Å²) >= 11 is 0. The van der Waals surface area contributed by atoms with Gasteiger partial charge in [-0.2, -0.15) is 0 Å². The number of rotatable bonds is 1. The number of nitrogens with zero attached hydrogens (tertiary/aromatic N) is 2. The van der Waals surface area contributed by atoms with Crippen LogP contribution >= 0.6 is 0 Å². The van der Waals surface area contributed by atoms with Gasteiger partial charge in [-0.05, 0) is 0 Å². The highest BCUT2D eigenvalue weighted by molar-refractivity contribution is 5.83. The van der Waals surface area contributed by atoms with Crippen LogP contribution < -0.4 is 0 Å². The molecule has 0 aromatic heterocycles. The Kier molecular flexibility index (Phi) is 2.32. The third-order valence-corrected chi connectivity index (χ3v) is 2.13. The number of hydrogen-bond donors (Lipinski definition) is 1. The van der Waals surface area contributed by atoms with Crippen LogP contribution in [0.15, 0.2) is 0 Å². The van der Waals surface area contributed by atoms with E-state index in [2.05, 4.69) is 0 Å². The number of aliphatic carboxylic acids is 1. The lowest BCUT2D eigenvalue weighted by molar-refractivity contribution is -0.162. The number of carboxylic acids is 1. The summed E-state index contributed by atoms with van der Waals surface area (Å²) in [7, 11) is 3.34. The summed E-state index contributed by atoms with van der Waals surface area (Å²) < 4.78 is 0. The van der Waals surface area contributed by atoms with Gasteiger partial charge >= 0.3 is 5.97 Å². The summed E-state index contributed by atoms with van der Waals surface area (Å²) in [5.41, 5.74) is 0. The Morgan fingerprint density at radius 3 is 2.58 bits per heavy atom. The summed E-state index contributed by atoms with van der Waals surface area (Å²) in [4.78, 5) is 21.7. The predicted molar refractivity (Wildman–Crippen MR) is 41.1 cm³/mol. The molecule has 1 aliphatic rings. The molecule has 1 rings (SSSR count). The zero-order valence-corrected chi connectivity index (χ0v) is 7.15. The first kappa shape index (κ1) is 8.99. The van der Waals surface area contributed by atoms with Crippen LogP contribution in [0.2, 0.25) is 0 Å². The minimum Gasteiger partial charge on any atom is -0.481 e. The van der Waals surface area contributed by atoms with Crippen molar-refractivity contribution in [3.05, 3.63) is 0 Å². The molecule has 5 heteroatoms. The number of amides is 1. The van der Waals surface area contributed by atoms with Gasteiger partial charge in [-0.25, -0.2) is 5.01 Å². The average molecular weight is 172 g/mol. The maximum atomic E-state index is 11.1. The normalized spacial score (nSPS) is 26.0. The van der Waals surface area contributed by atoms with Gasteiger partial charge in [0.15, 0.2) is 0 Å². The summed E-state index contributed by atoms with van der Waals surface area (Å²) in [6.07, 6.45) is 0.107. The second kappa shape index (κ2) is 3.10. The maximum Gasteiger partial charge on any atom is 0.308 e. The highest BCUT2D eigenvalue weighted by Crippen LogP contribution is 2.14. The van der Waals surface area contributed by atoms with Gasteiger partial charge in [0.1, 0.15) is 0 Å². The molecule has 0 aromatic rings. The second-order valence-corrected chi connectivity index (χ2v) is 3.00. The van der Waals surface area contributed by atoms with Crippen molar-refractivity contribution >= 4 is 11.9 Å². The Labute approximate surface area is 70.5 Å². The zero-order chi connectivity index (χ0) is 9.30. The molecule has 1 atom stereocenters. The fraction of sp³-hybridized carbons (Fsp3) is 0.714. The van der Waals surface area contributed by atoms with Crippen LogP contribution in [0.25, 0.3) is 0 Å². The van der Waals surface area contributed by atoms with E-state index in [1.54, 1.807) is 19.1 Å². The number of carboxylic acid groups (broad SMARTS) is 1. The summed E-state index contributed by atoms with van der Waals surface area (Å²) in [6, 6.07) is 0. The quantitative estimate of drug-likeness (QED) is 0.573. The van der Waals surface area contributed by atoms with Gasteiger partial charge in [-0.1, -0.05) is 0 Å². The van der Waals surface area contributed by atoms with Crippen LogP contribution in [0.1, 0.15) is 6.42 Å². The van der Waals surface area contributed by atoms with Crippen LogP contribution in [-0.2, 0) is 9.59 Å². The number of hydrogen-bond acceptors (Lipinski definition) is 3. The number of carbonyl (C=O) groups is 2. The lowest BCUT2D eigenvalue weighted by Crippen LogP contribution is -2.50. The van der Waals surface area contributed by atoms with Crippen LogP contribution in [0.5, 0.6) is 0 Å². The third kappa shape index (κ3) is 1.55. The molecule has 68 valence electrons. The minimum absolute atomic E-state index is 0.107. The molecule has 1 heterocycles. The minimum atomic E-state index is -0.900. The Balaban J connectivity index is 2.66. The Bertz CT molecular complexity index is 217. The molecule has 1 amide bonds. The molecular formula is C7H12N2O3. The standard InChI is InChI=1S/C7H12N2O3/c1-8-4-5(7(11)12)3-6(10)9(8)2/h5H,3-4H2,1-2H3,(H,11,12). The highest BCUT2D eigenvalue weighted by atomic mass is 16.4. The topological polar surface area (TPSA) is 60.9 Å². The van der Waals surface area contributed by atoms with Crippen molar-refractivity contribution in [3.8, 4) is 0 Å². The highest BCUT2D eigenvalue weighted by Gasteiger charge is 2.31. The summed E-state index contributed by atoms with van der Waals surface area (Å²) in [5, 5.41) is 11.7. The SMILES string of the molecule is CN1CC(C(=O)O)CC(=O)N1C. The van der Waals surface area contributed by atoms with Crippen molar-refractivity contribution in [2.24, 2.45) is 5.92 Å². The van der Waals surface area contributed by atoms with Crippen molar-refractivity contribution in [1.29, 1.82) is 0 Å². The van der Waals surface area contributed by atoms with Gasteiger partial charge in [-0.15, -0.1) is 0 Å². The monoisotopic (exact) mass is 172 g/mol. The van der Waals surface area contributed by atoms with Crippen LogP contribution in [0, 0.1) is 5.92 Å². The lowest BCUT2D eigenvalue weighted by Gasteiger charge is -2.35. The fourth-order valence-corrected chi connectivity index (χ4v) is 1.20. The first-order valence-corrected chi connectivity index (χ1v) is 3.72. The van der Waals surface area contributed by atoms with E-state index in [-0.39, 0.29) is 12.3 Å². The predicted octanol–water partition coefficient (Wildman–Crippen LogP) is -0.604. The van der Waals surface area contributed by atoms with Crippen molar-refractivity contribution in [1.82, 2.24) is 10.0 Å². The molecule has 0 spiro atoms. The molecule has 5 nitrogen and oxygen atoms in total. The fourth-order valence-electron chi connectivity index (χ4n) is 1.20. The molecule has 0 aromatic carbocycles. The Morgan fingerprint density at radius 1 is 1.58 bits per heavy atom. The van der Waals surface area contributed by atoms with Gasteiger partial charge in [0, 0.05) is 27.1 Å². The van der Waals surface area contributed by atoms with Gasteiger partial charge in [0.25, 0.3) is 0 Å². The summed E-state index contributed by atoms with van der Waals surface area (Å²) in [6.45, 7) is 0.400. The van der Waals surface area contributed by atoms with Crippen molar-refractivity contribution < 1.29 is 14.7 Å². The summed E-state index contributed by atoms with van der Waals surface area (Å²) in [5.74, 6) is -1.60. The van der Waals surface area contributed by atoms with Crippen LogP contribution in [0.4, 0.5) is 0 Å². The van der Waals surface area contributed by atoms with Crippen LogP contribution in [0.3, 0.4) is 0 Å². The Morgan fingerprint density at radius 2 is 2.17 bits per heavy atom. The van der Waals surface area contributed by atoms with Crippen molar-refractivity contribution in [2.75, 3.05) is 20.6 Å². The van der Waals surface area contributed by atoms with E-state index < -0.39 is 11.9 Å². The first-order chi connectivity index (χ1) is 5.52. The maximum absolute atomic E-state index is 11.1. The molecule has 1 aliphatic heterocycles. The molecule has 1 fully saturated rings. The van der Waals surface area contributed by atoms with Crippen molar-refractivity contribution in [2.45, 2.75) is 6.42 Å². The molecule has 1 saturated heterocycles. The van der Waals surface area contributed by atoms with E-state index in [0.717, 1.165) is 0 Å². The van der Waals surface area contributed by atoms with Crippen molar-refractivity contribution in [3.63, 3.8) is 0 Å². The van der Waals surface area contributed by atoms with E-state index in [0.29, 0.717) is 6.54 Å². The van der Waals surface area contributed by atoms with E-state index in [1.807, 2.05) is 0 Å². The largest absolute Gasteiger partial charge is 0.481 e. The molecule has 12 heavy (non-hydrogen) atoms. The van der Waals surface area contributed by atoms with Gasteiger partial charge in [0.2, 0.25) is 5.91 Å². The third-order valence-electron chi connectivity index (χ3n) is 2.13. The average Bonchev–Trinajstić information content (AvgIpc) is 1.99. The van der Waals surface area contributed by atoms with Gasteiger partial charge in [-0.3, -0.25) is 14.6 Å². The smallest absolute Gasteiger partial charge is 0.308 e.